The molecule has 1 saturated heterocycles. The lowest BCUT2D eigenvalue weighted by Gasteiger charge is -2.46. The van der Waals surface area contributed by atoms with E-state index >= 15 is 0 Å². The second-order valence-electron chi connectivity index (χ2n) is 4.03. The van der Waals surface area contributed by atoms with Gasteiger partial charge in [0.2, 0.25) is 12.0 Å². The fraction of sp³-hybridized carbons (Fsp3) is 1.00. The first-order valence-electron chi connectivity index (χ1n) is 5.07. The fourth-order valence-corrected chi connectivity index (χ4v) is 2.99. The molecular weight excluding hydrogens is 342 g/mol. The number of hydrogen-bond acceptors (Lipinski definition) is 10. The van der Waals surface area contributed by atoms with E-state index in [1.54, 1.807) is 0 Å². The van der Waals surface area contributed by atoms with Crippen molar-refractivity contribution in [1.29, 1.82) is 0 Å². The molecule has 0 aliphatic carbocycles. The molecule has 0 unspecified atom stereocenters. The molecule has 1 heterocycles. The average Bonchev–Trinajstić information content (AvgIpc) is 2.27. The van der Waals surface area contributed by atoms with Crippen LogP contribution in [0.4, 0.5) is 0 Å². The van der Waals surface area contributed by atoms with Crippen LogP contribution in [0.3, 0.4) is 0 Å². The summed E-state index contributed by atoms with van der Waals surface area (Å²) in [5, 5.41) is 37.7. The number of nitrogens with one attached hydrogen (secondary N) is 1. The van der Waals surface area contributed by atoms with E-state index in [4.69, 9.17) is 14.2 Å². The Morgan fingerprint density at radius 2 is 1.67 bits per heavy atom. The van der Waals surface area contributed by atoms with Crippen LogP contribution >= 0.6 is 0 Å². The maximum Gasteiger partial charge on any atom is 0.399 e. The van der Waals surface area contributed by atoms with Crippen molar-refractivity contribution in [3.8, 4) is 0 Å². The predicted octanol–water partition coefficient (Wildman–Crippen LogP) is -4.67. The monoisotopic (exact) mass is 355 g/mol. The van der Waals surface area contributed by atoms with Crippen molar-refractivity contribution in [2.45, 2.75) is 30.3 Å². The van der Waals surface area contributed by atoms with Gasteiger partial charge in [-0.2, -0.15) is 21.6 Å². The van der Waals surface area contributed by atoms with Crippen LogP contribution in [0.2, 0.25) is 0 Å². The van der Waals surface area contributed by atoms with Crippen LogP contribution < -0.4 is 4.72 Å². The molecule has 0 radical (unpaired) electrons. The van der Waals surface area contributed by atoms with Gasteiger partial charge in [0, 0.05) is 0 Å². The molecule has 0 spiro atoms. The van der Waals surface area contributed by atoms with E-state index in [0.717, 1.165) is 4.72 Å². The number of ether oxygens (including phenoxy) is 1. The first kappa shape index (κ1) is 18.6. The average molecular weight is 355 g/mol. The zero-order valence-corrected chi connectivity index (χ0v) is 11.6. The molecule has 126 valence electrons. The minimum atomic E-state index is -5.48. The van der Waals surface area contributed by atoms with Crippen LogP contribution in [0.25, 0.3) is 0 Å². The smallest absolute Gasteiger partial charge is 0.394 e. The molecule has 1 aliphatic rings. The first-order chi connectivity index (χ1) is 9.32. The maximum absolute atomic E-state index is 10.8. The minimum Gasteiger partial charge on any atom is -0.394 e. The van der Waals surface area contributed by atoms with Gasteiger partial charge in [-0.05, 0) is 0 Å². The van der Waals surface area contributed by atoms with Gasteiger partial charge in [0.25, 0.3) is 0 Å². The van der Waals surface area contributed by atoms with Crippen molar-refractivity contribution in [3.63, 3.8) is 0 Å². The third-order valence-corrected chi connectivity index (χ3v) is 3.59. The summed E-state index contributed by atoms with van der Waals surface area (Å²) >= 11 is 0. The summed E-state index contributed by atoms with van der Waals surface area (Å²) in [5.41, 5.74) is -3.38. The summed E-state index contributed by atoms with van der Waals surface area (Å²) in [6, 6.07) is 0. The lowest BCUT2D eigenvalue weighted by molar-refractivity contribution is -0.324. The molecule has 21 heavy (non-hydrogen) atoms. The van der Waals surface area contributed by atoms with E-state index in [2.05, 4.69) is 8.92 Å². The highest BCUT2D eigenvalue weighted by molar-refractivity contribution is 7.84. The Morgan fingerprint density at radius 3 is 2.05 bits per heavy atom. The van der Waals surface area contributed by atoms with Crippen LogP contribution in [0.1, 0.15) is 0 Å². The quantitative estimate of drug-likeness (QED) is 0.183. The van der Waals surface area contributed by atoms with Crippen molar-refractivity contribution < 1.29 is 55.3 Å². The normalized spacial score (nSPS) is 38.4. The van der Waals surface area contributed by atoms with Crippen LogP contribution in [0, 0.1) is 0 Å². The molecule has 7 N–H and O–H groups in total. The summed E-state index contributed by atoms with van der Waals surface area (Å²) in [6.07, 6.45) is -8.95. The van der Waals surface area contributed by atoms with Crippen molar-refractivity contribution in [1.82, 2.24) is 4.72 Å². The maximum atomic E-state index is 10.8. The van der Waals surface area contributed by atoms with Crippen LogP contribution in [0.5, 0.6) is 0 Å². The van der Waals surface area contributed by atoms with E-state index in [1.165, 1.54) is 0 Å². The third kappa shape index (κ3) is 4.27. The largest absolute Gasteiger partial charge is 0.399 e. The molecule has 5 atom stereocenters. The predicted molar refractivity (Wildman–Crippen MR) is 60.0 cm³/mol. The first-order valence-corrected chi connectivity index (χ1v) is 7.88. The zero-order valence-electron chi connectivity index (χ0n) is 9.97. The molecule has 1 rings (SSSR count). The van der Waals surface area contributed by atoms with Gasteiger partial charge >= 0.3 is 20.7 Å². The number of rotatable bonds is 5. The SMILES string of the molecule is O=S(=O)(O)N[C@]1(OS(=O)(=O)O)[C@@H](O)O[C@H](CO)[C@@H](O)[C@@H]1O. The molecule has 1 aliphatic heterocycles. The van der Waals surface area contributed by atoms with Crippen molar-refractivity contribution in [2.75, 3.05) is 6.61 Å². The van der Waals surface area contributed by atoms with E-state index in [0.29, 0.717) is 0 Å². The van der Waals surface area contributed by atoms with Gasteiger partial charge in [0.1, 0.15) is 18.3 Å². The Morgan fingerprint density at radius 1 is 1.14 bits per heavy atom. The van der Waals surface area contributed by atoms with Crippen LogP contribution in [0.15, 0.2) is 0 Å². The Bertz CT molecular complexity index is 537. The summed E-state index contributed by atoms with van der Waals surface area (Å²) in [7, 11) is -10.8. The van der Waals surface area contributed by atoms with Gasteiger partial charge in [-0.3, -0.25) is 9.11 Å². The zero-order chi connectivity index (χ0) is 16.6. The highest BCUT2D eigenvalue weighted by atomic mass is 32.3. The molecule has 0 amide bonds. The summed E-state index contributed by atoms with van der Waals surface area (Å²) in [5.74, 6) is 0. The standard InChI is InChI=1S/C6H13NO12S2/c8-1-2-3(9)4(10)6(5(11)18-2,7-20(12,13)14)19-21(15,16)17/h2-5,7-11H,1H2,(H,12,13,14)(H,15,16,17)/t2-,3-,4+,5+,6-/m1/s1. The number of hydrogen-bond donors (Lipinski definition) is 7. The molecular formula is C6H13NO12S2. The van der Waals surface area contributed by atoms with E-state index in [-0.39, 0.29) is 0 Å². The number of aliphatic hydroxyl groups is 4. The molecule has 15 heteroatoms. The second kappa shape index (κ2) is 5.97. The Labute approximate surface area is 118 Å². The molecule has 1 fully saturated rings. The third-order valence-electron chi connectivity index (χ3n) is 2.53. The molecule has 0 aromatic carbocycles. The Kier molecular flexibility index (Phi) is 5.29. The molecule has 0 bridgehead atoms. The second-order valence-corrected chi connectivity index (χ2v) is 6.20. The molecule has 0 aromatic rings. The van der Waals surface area contributed by atoms with Gasteiger partial charge in [0.15, 0.2) is 0 Å². The summed E-state index contributed by atoms with van der Waals surface area (Å²) in [6.45, 7) is -0.941. The Hall–Kier alpha value is -0.460. The van der Waals surface area contributed by atoms with Crippen molar-refractivity contribution >= 4 is 20.7 Å². The van der Waals surface area contributed by atoms with Gasteiger partial charge in [-0.1, -0.05) is 0 Å². The van der Waals surface area contributed by atoms with E-state index in [1.807, 2.05) is 0 Å². The summed E-state index contributed by atoms with van der Waals surface area (Å²) < 4.78 is 69.7. The minimum absolute atomic E-state index is 0.941. The molecule has 0 aromatic heterocycles. The number of aliphatic hydroxyl groups excluding tert-OH is 4. The molecule has 13 nitrogen and oxygen atoms in total. The van der Waals surface area contributed by atoms with Gasteiger partial charge in [-0.25, -0.2) is 4.18 Å². The topological polar surface area (TPSA) is 220 Å². The summed E-state index contributed by atoms with van der Waals surface area (Å²) in [4.78, 5) is 0. The lowest BCUT2D eigenvalue weighted by atomic mass is 9.94. The lowest BCUT2D eigenvalue weighted by Crippen LogP contribution is -2.74. The van der Waals surface area contributed by atoms with E-state index in [9.17, 15) is 32.2 Å². The van der Waals surface area contributed by atoms with E-state index < -0.39 is 57.6 Å². The van der Waals surface area contributed by atoms with Crippen LogP contribution in [-0.4, -0.2) is 83.3 Å². The Balaban J connectivity index is 3.34. The fourth-order valence-electron chi connectivity index (χ4n) is 1.70. The van der Waals surface area contributed by atoms with Crippen molar-refractivity contribution in [2.24, 2.45) is 0 Å². The molecule has 0 saturated carbocycles. The van der Waals surface area contributed by atoms with Gasteiger partial charge in [0.05, 0.1) is 6.61 Å². The van der Waals surface area contributed by atoms with Crippen LogP contribution in [-0.2, 0) is 29.6 Å². The van der Waals surface area contributed by atoms with Gasteiger partial charge < -0.3 is 25.2 Å². The highest BCUT2D eigenvalue weighted by Crippen LogP contribution is 2.31. The van der Waals surface area contributed by atoms with Crippen molar-refractivity contribution in [3.05, 3.63) is 0 Å². The van der Waals surface area contributed by atoms with Gasteiger partial charge in [-0.15, -0.1) is 0 Å². The highest BCUT2D eigenvalue weighted by Gasteiger charge is 2.60.